The van der Waals surface area contributed by atoms with Crippen LogP contribution in [-0.2, 0) is 11.3 Å². The smallest absolute Gasteiger partial charge is 0.320 e. The van der Waals surface area contributed by atoms with Gasteiger partial charge in [-0.25, -0.2) is 0 Å². The summed E-state index contributed by atoms with van der Waals surface area (Å²) in [5, 5.41) is 20.2. The van der Waals surface area contributed by atoms with Gasteiger partial charge in [0.25, 0.3) is 5.69 Å². The van der Waals surface area contributed by atoms with Gasteiger partial charge in [0, 0.05) is 17.7 Å². The van der Waals surface area contributed by atoms with E-state index in [4.69, 9.17) is 16.0 Å². The number of furan rings is 1. The fourth-order valence-electron chi connectivity index (χ4n) is 2.92. The van der Waals surface area contributed by atoms with Crippen LogP contribution in [0, 0.1) is 10.1 Å². The maximum atomic E-state index is 11.2. The zero-order valence-electron chi connectivity index (χ0n) is 12.6. The molecule has 2 aromatic rings. The van der Waals surface area contributed by atoms with E-state index in [1.54, 1.807) is 18.2 Å². The Hall–Kier alpha value is -2.38. The van der Waals surface area contributed by atoms with Crippen molar-refractivity contribution >= 4 is 23.3 Å². The standard InChI is InChI=1S/C16H15ClN2O5/c17-13-8-10(19(22)23)3-5-12(13)15-6-4-11(24-15)9-18-7-1-2-14(18)16(20)21/h3-6,8,14H,1-2,7,9H2,(H,20,21). The highest BCUT2D eigenvalue weighted by molar-refractivity contribution is 6.33. The quantitative estimate of drug-likeness (QED) is 0.654. The SMILES string of the molecule is O=C(O)C1CCCN1Cc1ccc(-c2ccc([N+](=O)[O-])cc2Cl)o1. The van der Waals surface area contributed by atoms with Crippen LogP contribution in [0.5, 0.6) is 0 Å². The summed E-state index contributed by atoms with van der Waals surface area (Å²) < 4.78 is 5.75. The minimum Gasteiger partial charge on any atom is -0.480 e. The Morgan fingerprint density at radius 2 is 2.21 bits per heavy atom. The Bertz CT molecular complexity index is 789. The molecule has 1 aliphatic rings. The Labute approximate surface area is 142 Å². The Balaban J connectivity index is 1.78. The van der Waals surface area contributed by atoms with E-state index < -0.39 is 16.9 Å². The van der Waals surface area contributed by atoms with E-state index in [0.29, 0.717) is 36.6 Å². The Morgan fingerprint density at radius 1 is 1.42 bits per heavy atom. The molecule has 7 nitrogen and oxygen atoms in total. The lowest BCUT2D eigenvalue weighted by molar-refractivity contribution is -0.384. The minimum atomic E-state index is -0.822. The van der Waals surface area contributed by atoms with Gasteiger partial charge in [-0.2, -0.15) is 0 Å². The van der Waals surface area contributed by atoms with Crippen molar-refractivity contribution in [3.05, 3.63) is 51.2 Å². The van der Waals surface area contributed by atoms with Gasteiger partial charge in [-0.3, -0.25) is 19.8 Å². The van der Waals surface area contributed by atoms with Crippen LogP contribution in [0.1, 0.15) is 18.6 Å². The second kappa shape index (κ2) is 6.62. The number of hydrogen-bond acceptors (Lipinski definition) is 5. The van der Waals surface area contributed by atoms with Crippen molar-refractivity contribution in [3.63, 3.8) is 0 Å². The first-order valence-electron chi connectivity index (χ1n) is 7.45. The number of halogens is 1. The molecule has 1 unspecified atom stereocenters. The van der Waals surface area contributed by atoms with Crippen LogP contribution in [0.2, 0.25) is 5.02 Å². The van der Waals surface area contributed by atoms with E-state index in [1.165, 1.54) is 12.1 Å². The molecule has 1 fully saturated rings. The largest absolute Gasteiger partial charge is 0.480 e. The summed E-state index contributed by atoms with van der Waals surface area (Å²) >= 11 is 6.10. The lowest BCUT2D eigenvalue weighted by Gasteiger charge is -2.19. The molecule has 2 heterocycles. The number of nitrogens with zero attached hydrogens (tertiary/aromatic N) is 2. The number of likely N-dealkylation sites (tertiary alicyclic amines) is 1. The molecule has 1 saturated heterocycles. The Kier molecular flexibility index (Phi) is 4.55. The van der Waals surface area contributed by atoms with Crippen molar-refractivity contribution in [2.45, 2.75) is 25.4 Å². The van der Waals surface area contributed by atoms with Crippen molar-refractivity contribution in [1.29, 1.82) is 0 Å². The van der Waals surface area contributed by atoms with Crippen molar-refractivity contribution in [2.75, 3.05) is 6.54 Å². The molecule has 1 aromatic carbocycles. The number of aliphatic carboxylic acids is 1. The zero-order valence-corrected chi connectivity index (χ0v) is 13.4. The van der Waals surface area contributed by atoms with Crippen LogP contribution in [-0.4, -0.2) is 33.5 Å². The van der Waals surface area contributed by atoms with E-state index in [2.05, 4.69) is 0 Å². The molecule has 0 saturated carbocycles. The number of carboxylic acid groups (broad SMARTS) is 1. The zero-order chi connectivity index (χ0) is 17.3. The van der Waals surface area contributed by atoms with Crippen molar-refractivity contribution in [1.82, 2.24) is 4.90 Å². The molecule has 1 atom stereocenters. The van der Waals surface area contributed by atoms with E-state index in [0.717, 1.165) is 6.42 Å². The normalized spacial score (nSPS) is 18.0. The molecule has 0 amide bonds. The molecular formula is C16H15ClN2O5. The number of non-ortho nitro benzene ring substituents is 1. The van der Waals surface area contributed by atoms with Crippen molar-refractivity contribution in [2.24, 2.45) is 0 Å². The molecule has 0 bridgehead atoms. The topological polar surface area (TPSA) is 96.8 Å². The van der Waals surface area contributed by atoms with Gasteiger partial charge in [0.15, 0.2) is 0 Å². The Morgan fingerprint density at radius 3 is 2.88 bits per heavy atom. The summed E-state index contributed by atoms with van der Waals surface area (Å²) in [6, 6.07) is 7.20. The number of nitro groups is 1. The lowest BCUT2D eigenvalue weighted by atomic mass is 10.1. The van der Waals surface area contributed by atoms with Crippen LogP contribution in [0.4, 0.5) is 5.69 Å². The molecule has 1 N–H and O–H groups in total. The third kappa shape index (κ3) is 3.27. The third-order valence-electron chi connectivity index (χ3n) is 4.10. The first-order valence-corrected chi connectivity index (χ1v) is 7.83. The van der Waals surface area contributed by atoms with Crippen molar-refractivity contribution in [3.8, 4) is 11.3 Å². The summed E-state index contributed by atoms with van der Waals surface area (Å²) in [7, 11) is 0. The fraction of sp³-hybridized carbons (Fsp3) is 0.312. The molecule has 0 radical (unpaired) electrons. The van der Waals surface area contributed by atoms with Gasteiger partial charge in [-0.15, -0.1) is 0 Å². The van der Waals surface area contributed by atoms with Crippen LogP contribution in [0.15, 0.2) is 34.7 Å². The van der Waals surface area contributed by atoms with Gasteiger partial charge < -0.3 is 9.52 Å². The van der Waals surface area contributed by atoms with Crippen LogP contribution < -0.4 is 0 Å². The van der Waals surface area contributed by atoms with Crippen molar-refractivity contribution < 1.29 is 19.2 Å². The summed E-state index contributed by atoms with van der Waals surface area (Å²) in [5.41, 5.74) is 0.474. The average Bonchev–Trinajstić information content (AvgIpc) is 3.17. The molecule has 8 heteroatoms. The maximum absolute atomic E-state index is 11.2. The monoisotopic (exact) mass is 350 g/mol. The number of hydrogen-bond donors (Lipinski definition) is 1. The van der Waals surface area contributed by atoms with Gasteiger partial charge in [0.2, 0.25) is 0 Å². The molecule has 1 aromatic heterocycles. The summed E-state index contributed by atoms with van der Waals surface area (Å²) in [5.74, 6) is 0.307. The van der Waals surface area contributed by atoms with Gasteiger partial charge in [-0.05, 0) is 37.6 Å². The number of carboxylic acids is 1. The number of rotatable bonds is 5. The molecule has 0 spiro atoms. The second-order valence-corrected chi connectivity index (χ2v) is 6.06. The predicted molar refractivity (Wildman–Crippen MR) is 86.9 cm³/mol. The molecule has 126 valence electrons. The molecule has 1 aliphatic heterocycles. The fourth-order valence-corrected chi connectivity index (χ4v) is 3.19. The maximum Gasteiger partial charge on any atom is 0.320 e. The van der Waals surface area contributed by atoms with Gasteiger partial charge in [0.05, 0.1) is 16.5 Å². The van der Waals surface area contributed by atoms with E-state index in [9.17, 15) is 20.0 Å². The molecule has 0 aliphatic carbocycles. The number of benzene rings is 1. The van der Waals surface area contributed by atoms with Gasteiger partial charge in [-0.1, -0.05) is 11.6 Å². The van der Waals surface area contributed by atoms with Crippen LogP contribution >= 0.6 is 11.6 Å². The van der Waals surface area contributed by atoms with Gasteiger partial charge in [0.1, 0.15) is 17.6 Å². The predicted octanol–water partition coefficient (Wildman–Crippen LogP) is 3.56. The third-order valence-corrected chi connectivity index (χ3v) is 4.41. The number of carbonyl (C=O) groups is 1. The summed E-state index contributed by atoms with van der Waals surface area (Å²) in [4.78, 5) is 23.3. The summed E-state index contributed by atoms with van der Waals surface area (Å²) in [6.07, 6.45) is 1.48. The first-order chi connectivity index (χ1) is 11.5. The molecular weight excluding hydrogens is 336 g/mol. The van der Waals surface area contributed by atoms with Gasteiger partial charge >= 0.3 is 5.97 Å². The van der Waals surface area contributed by atoms with E-state index in [-0.39, 0.29) is 10.7 Å². The van der Waals surface area contributed by atoms with E-state index >= 15 is 0 Å². The average molecular weight is 351 g/mol. The highest BCUT2D eigenvalue weighted by Gasteiger charge is 2.31. The number of nitro benzene ring substituents is 1. The lowest BCUT2D eigenvalue weighted by Crippen LogP contribution is -2.35. The molecule has 3 rings (SSSR count). The summed E-state index contributed by atoms with van der Waals surface area (Å²) in [6.45, 7) is 1.12. The highest BCUT2D eigenvalue weighted by Crippen LogP contribution is 2.33. The molecule has 24 heavy (non-hydrogen) atoms. The minimum absolute atomic E-state index is 0.0862. The van der Waals surface area contributed by atoms with Crippen LogP contribution in [0.3, 0.4) is 0 Å². The van der Waals surface area contributed by atoms with E-state index in [1.807, 2.05) is 4.90 Å². The second-order valence-electron chi connectivity index (χ2n) is 5.65. The van der Waals surface area contributed by atoms with Crippen LogP contribution in [0.25, 0.3) is 11.3 Å². The first kappa shape index (κ1) is 16.5. The highest BCUT2D eigenvalue weighted by atomic mass is 35.5.